The van der Waals surface area contributed by atoms with Crippen LogP contribution in [0.4, 0.5) is 0 Å². The third-order valence-corrected chi connectivity index (χ3v) is 4.20. The molecular formula is C20H17BrKNO3. The molecule has 0 radical (unpaired) electrons. The van der Waals surface area contributed by atoms with E-state index in [0.29, 0.717) is 29.1 Å². The summed E-state index contributed by atoms with van der Waals surface area (Å²) < 4.78 is 6.54. The summed E-state index contributed by atoms with van der Waals surface area (Å²) in [6, 6.07) is 14.4. The topological polar surface area (TPSA) is 62.2 Å². The first-order chi connectivity index (χ1) is 11.9. The number of benzene rings is 2. The summed E-state index contributed by atoms with van der Waals surface area (Å²) in [4.78, 5) is 16.2. The second-order valence-electron chi connectivity index (χ2n) is 6.24. The molecule has 1 aromatic heterocycles. The molecule has 0 spiro atoms. The molecule has 0 bridgehead atoms. The van der Waals surface area contributed by atoms with Gasteiger partial charge in [-0.25, -0.2) is 4.98 Å². The zero-order valence-electron chi connectivity index (χ0n) is 15.0. The Morgan fingerprint density at radius 2 is 1.96 bits per heavy atom. The van der Waals surface area contributed by atoms with Crippen LogP contribution in [0.3, 0.4) is 0 Å². The molecule has 3 rings (SSSR count). The van der Waals surface area contributed by atoms with E-state index in [-0.39, 0.29) is 56.9 Å². The molecule has 4 nitrogen and oxygen atoms in total. The molecule has 1 heterocycles. The fourth-order valence-corrected chi connectivity index (χ4v) is 2.88. The first-order valence-electron chi connectivity index (χ1n) is 7.99. The number of carbonyl (C=O) groups is 1. The van der Waals surface area contributed by atoms with Gasteiger partial charge in [-0.15, -0.1) is 0 Å². The van der Waals surface area contributed by atoms with Gasteiger partial charge in [0.25, 0.3) is 0 Å². The van der Waals surface area contributed by atoms with Gasteiger partial charge in [-0.2, -0.15) is 0 Å². The van der Waals surface area contributed by atoms with Crippen LogP contribution in [0.2, 0.25) is 0 Å². The van der Waals surface area contributed by atoms with Gasteiger partial charge in [0.2, 0.25) is 0 Å². The van der Waals surface area contributed by atoms with Crippen LogP contribution in [0.15, 0.2) is 53.0 Å². The number of ether oxygens (including phenoxy) is 1. The number of aromatic nitrogens is 1. The molecule has 0 N–H and O–H groups in total. The summed E-state index contributed by atoms with van der Waals surface area (Å²) in [5, 5.41) is 12.1. The predicted octanol–water partition coefficient (Wildman–Crippen LogP) is 1.07. The number of halogens is 1. The Balaban J connectivity index is 0.00000243. The van der Waals surface area contributed by atoms with E-state index in [0.717, 1.165) is 15.8 Å². The summed E-state index contributed by atoms with van der Waals surface area (Å²) >= 11 is 3.36. The molecule has 0 fully saturated rings. The van der Waals surface area contributed by atoms with Crippen molar-refractivity contribution in [3.8, 4) is 17.0 Å². The minimum Gasteiger partial charge on any atom is -0.545 e. The fraction of sp³-hybridized carbons (Fsp3) is 0.200. The number of pyridine rings is 1. The van der Waals surface area contributed by atoms with E-state index in [2.05, 4.69) is 34.8 Å². The Morgan fingerprint density at radius 3 is 2.65 bits per heavy atom. The van der Waals surface area contributed by atoms with E-state index in [1.54, 1.807) is 18.2 Å². The fourth-order valence-electron chi connectivity index (χ4n) is 2.52. The number of hydrogen-bond acceptors (Lipinski definition) is 4. The molecule has 128 valence electrons. The Labute approximate surface area is 203 Å². The second-order valence-corrected chi connectivity index (χ2v) is 7.15. The van der Waals surface area contributed by atoms with Gasteiger partial charge >= 0.3 is 51.4 Å². The molecule has 0 aliphatic carbocycles. The largest absolute Gasteiger partial charge is 1.00 e. The smallest absolute Gasteiger partial charge is 0.545 e. The van der Waals surface area contributed by atoms with Crippen molar-refractivity contribution in [3.63, 3.8) is 0 Å². The molecule has 2 aromatic carbocycles. The van der Waals surface area contributed by atoms with Crippen molar-refractivity contribution in [2.75, 3.05) is 6.61 Å². The van der Waals surface area contributed by atoms with E-state index in [1.165, 1.54) is 0 Å². The van der Waals surface area contributed by atoms with E-state index in [4.69, 9.17) is 4.74 Å². The van der Waals surface area contributed by atoms with Crippen LogP contribution < -0.4 is 61.2 Å². The average Bonchev–Trinajstić information content (AvgIpc) is 2.59. The maximum atomic E-state index is 11.6. The second kappa shape index (κ2) is 9.44. The van der Waals surface area contributed by atoms with Gasteiger partial charge in [-0.1, -0.05) is 41.9 Å². The van der Waals surface area contributed by atoms with E-state index < -0.39 is 5.97 Å². The average molecular weight is 438 g/mol. The van der Waals surface area contributed by atoms with Crippen LogP contribution in [0.5, 0.6) is 5.75 Å². The van der Waals surface area contributed by atoms with E-state index >= 15 is 0 Å². The maximum absolute atomic E-state index is 11.6. The molecule has 0 saturated carbocycles. The Morgan fingerprint density at radius 1 is 1.19 bits per heavy atom. The summed E-state index contributed by atoms with van der Waals surface area (Å²) in [6.45, 7) is 4.78. The Bertz CT molecular complexity index is 943. The van der Waals surface area contributed by atoms with Crippen molar-refractivity contribution in [3.05, 3.63) is 58.6 Å². The minimum absolute atomic E-state index is 0. The number of aromatic carboxylic acids is 1. The zero-order valence-corrected chi connectivity index (χ0v) is 19.7. The number of nitrogens with zero attached hydrogens (tertiary/aromatic N) is 1. The SMILES string of the molecule is CC(C)COc1cccc(-c2cc(C(=O)[O-])c3cc(Br)ccc3n2)c1.[K+]. The van der Waals surface area contributed by atoms with Crippen molar-refractivity contribution < 1.29 is 66.0 Å². The van der Waals surface area contributed by atoms with Gasteiger partial charge < -0.3 is 14.6 Å². The summed E-state index contributed by atoms with van der Waals surface area (Å²) in [5.41, 5.74) is 2.10. The first-order valence-corrected chi connectivity index (χ1v) is 8.78. The molecule has 0 amide bonds. The predicted molar refractivity (Wildman–Crippen MR) is 99.5 cm³/mol. The normalized spacial score (nSPS) is 10.6. The molecule has 6 heteroatoms. The zero-order chi connectivity index (χ0) is 18.0. The number of carbonyl (C=O) groups excluding carboxylic acids is 1. The maximum Gasteiger partial charge on any atom is 1.00 e. The van der Waals surface area contributed by atoms with Crippen LogP contribution in [0.1, 0.15) is 24.2 Å². The van der Waals surface area contributed by atoms with Crippen LogP contribution in [0, 0.1) is 5.92 Å². The van der Waals surface area contributed by atoms with Gasteiger partial charge in [0.15, 0.2) is 0 Å². The van der Waals surface area contributed by atoms with Crippen molar-refractivity contribution in [2.45, 2.75) is 13.8 Å². The Hall–Kier alpha value is -0.764. The number of hydrogen-bond donors (Lipinski definition) is 0. The molecule has 26 heavy (non-hydrogen) atoms. The molecule has 0 saturated heterocycles. The first kappa shape index (κ1) is 21.5. The van der Waals surface area contributed by atoms with Crippen molar-refractivity contribution >= 4 is 32.8 Å². The third-order valence-electron chi connectivity index (χ3n) is 3.70. The number of fused-ring (bicyclic) bond motifs is 1. The number of rotatable bonds is 5. The molecule has 0 atom stereocenters. The number of carboxylic acids is 1. The summed E-state index contributed by atoms with van der Waals surface area (Å²) in [7, 11) is 0. The van der Waals surface area contributed by atoms with Gasteiger partial charge in [-0.3, -0.25) is 0 Å². The van der Waals surface area contributed by atoms with Gasteiger partial charge in [0.05, 0.1) is 23.8 Å². The van der Waals surface area contributed by atoms with Crippen LogP contribution in [-0.4, -0.2) is 17.6 Å². The molecule has 0 unspecified atom stereocenters. The molecule has 0 aliphatic heterocycles. The Kier molecular flexibility index (Phi) is 7.82. The van der Waals surface area contributed by atoms with Gasteiger partial charge in [-0.05, 0) is 42.3 Å². The quantitative estimate of drug-likeness (QED) is 0.560. The van der Waals surface area contributed by atoms with Gasteiger partial charge in [0.1, 0.15) is 5.75 Å². The monoisotopic (exact) mass is 437 g/mol. The number of carboxylic acid groups (broad SMARTS) is 1. The summed E-state index contributed by atoms with van der Waals surface area (Å²) in [5.74, 6) is -0.0663. The van der Waals surface area contributed by atoms with Gasteiger partial charge in [0, 0.05) is 21.0 Å². The van der Waals surface area contributed by atoms with Crippen LogP contribution in [-0.2, 0) is 0 Å². The third kappa shape index (κ3) is 5.15. The molecule has 3 aromatic rings. The molecule has 0 aliphatic rings. The van der Waals surface area contributed by atoms with Crippen LogP contribution in [0.25, 0.3) is 22.2 Å². The van der Waals surface area contributed by atoms with E-state index in [1.807, 2.05) is 30.3 Å². The minimum atomic E-state index is -1.22. The van der Waals surface area contributed by atoms with Crippen LogP contribution >= 0.6 is 15.9 Å². The van der Waals surface area contributed by atoms with E-state index in [9.17, 15) is 9.90 Å². The van der Waals surface area contributed by atoms with Crippen molar-refractivity contribution in [1.29, 1.82) is 0 Å². The van der Waals surface area contributed by atoms with Crippen molar-refractivity contribution in [2.24, 2.45) is 5.92 Å². The molecular weight excluding hydrogens is 421 g/mol. The standard InChI is InChI=1S/C20H18BrNO3.K/c1-12(2)11-25-15-5-3-4-13(8-15)19-10-17(20(23)24)16-9-14(21)6-7-18(16)22-19;/h3-10,12H,11H2,1-2H3,(H,23,24);/q;+1/p-1. The summed E-state index contributed by atoms with van der Waals surface area (Å²) in [6.07, 6.45) is 0. The van der Waals surface area contributed by atoms with Crippen molar-refractivity contribution in [1.82, 2.24) is 4.98 Å².